The number of rotatable bonds is 8. The molecular formula is C32H36FN3O6S. The van der Waals surface area contributed by atoms with Gasteiger partial charge in [0.1, 0.15) is 23.1 Å². The van der Waals surface area contributed by atoms with Gasteiger partial charge >= 0.3 is 0 Å². The zero-order valence-corrected chi connectivity index (χ0v) is 25.3. The van der Waals surface area contributed by atoms with E-state index < -0.39 is 21.3 Å². The Morgan fingerprint density at radius 2 is 1.65 bits per heavy atom. The van der Waals surface area contributed by atoms with Crippen LogP contribution in [-0.2, 0) is 22.0 Å². The molecule has 1 spiro atoms. The molecule has 1 aromatic heterocycles. The normalized spacial score (nSPS) is 19.0. The predicted octanol–water partition coefficient (Wildman–Crippen LogP) is 4.60. The van der Waals surface area contributed by atoms with Gasteiger partial charge in [-0.3, -0.25) is 4.90 Å². The van der Waals surface area contributed by atoms with Gasteiger partial charge in [-0.25, -0.2) is 12.8 Å². The number of H-pyrrole nitrogens is 1. The van der Waals surface area contributed by atoms with E-state index in [4.69, 9.17) is 14.2 Å². The molecule has 0 radical (unpaired) electrons. The molecule has 0 aliphatic carbocycles. The molecule has 9 nitrogen and oxygen atoms in total. The lowest BCUT2D eigenvalue weighted by molar-refractivity contribution is 0.0534. The maximum Gasteiger partial charge on any atom is 0.243 e. The highest BCUT2D eigenvalue weighted by molar-refractivity contribution is 7.89. The molecule has 11 heteroatoms. The molecule has 1 atom stereocenters. The zero-order chi connectivity index (χ0) is 30.4. The maximum absolute atomic E-state index is 13.9. The molecule has 3 heterocycles. The summed E-state index contributed by atoms with van der Waals surface area (Å²) in [5, 5.41) is 11.8. The van der Waals surface area contributed by atoms with Crippen molar-refractivity contribution in [1.82, 2.24) is 14.2 Å². The van der Waals surface area contributed by atoms with Crippen molar-refractivity contribution >= 4 is 20.9 Å². The third-order valence-corrected chi connectivity index (χ3v) is 10.8. The Morgan fingerprint density at radius 3 is 2.28 bits per heavy atom. The average molecular weight is 610 g/mol. The quantitative estimate of drug-likeness (QED) is 0.301. The van der Waals surface area contributed by atoms with Gasteiger partial charge in [0, 0.05) is 60.3 Å². The lowest BCUT2D eigenvalue weighted by Gasteiger charge is -2.50. The number of methoxy groups -OCH3 is 3. The van der Waals surface area contributed by atoms with Crippen LogP contribution in [0.4, 0.5) is 4.39 Å². The van der Waals surface area contributed by atoms with Gasteiger partial charge in [-0.05, 0) is 66.4 Å². The van der Waals surface area contributed by atoms with Crippen molar-refractivity contribution in [2.45, 2.75) is 35.7 Å². The van der Waals surface area contributed by atoms with Gasteiger partial charge in [0.15, 0.2) is 0 Å². The molecule has 0 bridgehead atoms. The summed E-state index contributed by atoms with van der Waals surface area (Å²) >= 11 is 0. The number of aromatic amines is 1. The number of benzene rings is 3. The number of nitrogens with zero attached hydrogens (tertiary/aromatic N) is 2. The second kappa shape index (κ2) is 11.5. The minimum atomic E-state index is -3.86. The Labute approximate surface area is 250 Å². The van der Waals surface area contributed by atoms with E-state index in [1.165, 1.54) is 22.5 Å². The number of nitrogens with one attached hydrogen (secondary N) is 1. The van der Waals surface area contributed by atoms with E-state index in [0.717, 1.165) is 39.5 Å². The van der Waals surface area contributed by atoms with Gasteiger partial charge in [-0.2, -0.15) is 4.31 Å². The second-order valence-corrected chi connectivity index (χ2v) is 13.2. The van der Waals surface area contributed by atoms with Crippen molar-refractivity contribution in [3.05, 3.63) is 83.3 Å². The Balaban J connectivity index is 1.40. The van der Waals surface area contributed by atoms with Gasteiger partial charge in [0.2, 0.25) is 10.0 Å². The molecule has 2 aliphatic heterocycles. The van der Waals surface area contributed by atoms with Crippen LogP contribution in [0.3, 0.4) is 0 Å². The summed E-state index contributed by atoms with van der Waals surface area (Å²) in [6, 6.07) is 16.5. The number of aliphatic hydroxyl groups is 1. The van der Waals surface area contributed by atoms with Gasteiger partial charge < -0.3 is 24.3 Å². The van der Waals surface area contributed by atoms with Gasteiger partial charge in [-0.15, -0.1) is 0 Å². The number of sulfonamides is 1. The zero-order valence-electron chi connectivity index (χ0n) is 24.5. The van der Waals surface area contributed by atoms with Crippen molar-refractivity contribution in [3.8, 4) is 17.2 Å². The lowest BCUT2D eigenvalue weighted by atomic mass is 9.68. The molecule has 1 fully saturated rings. The van der Waals surface area contributed by atoms with E-state index >= 15 is 0 Å². The first kappa shape index (κ1) is 29.4. The number of piperidine rings is 1. The minimum Gasteiger partial charge on any atom is -0.497 e. The van der Waals surface area contributed by atoms with Crippen molar-refractivity contribution in [2.75, 3.05) is 47.6 Å². The molecule has 0 amide bonds. The summed E-state index contributed by atoms with van der Waals surface area (Å²) < 4.78 is 58.9. The first-order valence-corrected chi connectivity index (χ1v) is 15.7. The topological polar surface area (TPSA) is 104 Å². The predicted molar refractivity (Wildman–Crippen MR) is 161 cm³/mol. The smallest absolute Gasteiger partial charge is 0.243 e. The monoisotopic (exact) mass is 609 g/mol. The highest BCUT2D eigenvalue weighted by Crippen LogP contribution is 2.50. The van der Waals surface area contributed by atoms with Crippen LogP contribution in [0.25, 0.3) is 10.9 Å². The lowest BCUT2D eigenvalue weighted by Crippen LogP contribution is -2.54. The molecule has 0 unspecified atom stereocenters. The maximum atomic E-state index is 13.9. The first-order chi connectivity index (χ1) is 20.7. The van der Waals surface area contributed by atoms with E-state index in [9.17, 15) is 17.9 Å². The average Bonchev–Trinajstić information content (AvgIpc) is 3.40. The van der Waals surface area contributed by atoms with Crippen LogP contribution in [0.2, 0.25) is 0 Å². The number of halogens is 1. The van der Waals surface area contributed by atoms with Crippen LogP contribution in [0, 0.1) is 5.82 Å². The summed E-state index contributed by atoms with van der Waals surface area (Å²) in [4.78, 5) is 5.80. The Hall–Kier alpha value is -3.64. The standard InChI is InChI=1S/C32H36FN3O6S/c1-40-23-7-8-27-28(17-23)34-31-29(19-37)35(18-21-13-24(41-2)16-25(14-21)42-3)20-32(30(27)31)9-11-36(12-10-32)43(38,39)26-6-4-5-22(33)15-26/h4-8,13-17,29,34,37H,9-12,18-20H2,1-3H3/t29-/m0/s1. The highest BCUT2D eigenvalue weighted by Gasteiger charge is 2.48. The number of fused-ring (bicyclic) bond motifs is 4. The van der Waals surface area contributed by atoms with Crippen molar-refractivity contribution < 1.29 is 32.1 Å². The van der Waals surface area contributed by atoms with Crippen molar-refractivity contribution in [3.63, 3.8) is 0 Å². The fourth-order valence-electron chi connectivity index (χ4n) is 6.81. The molecule has 2 N–H and O–H groups in total. The molecule has 3 aromatic carbocycles. The van der Waals surface area contributed by atoms with Crippen LogP contribution < -0.4 is 14.2 Å². The van der Waals surface area contributed by atoms with E-state index in [0.29, 0.717) is 37.4 Å². The Kier molecular flexibility index (Phi) is 7.84. The summed E-state index contributed by atoms with van der Waals surface area (Å²) in [6.07, 6.45) is 1.12. The SMILES string of the molecule is COc1cc(CN2CC3(CCN(S(=O)(=O)c4cccc(F)c4)CC3)c3c([nH]c4cc(OC)ccc34)[C@@H]2CO)cc(OC)c1. The second-order valence-electron chi connectivity index (χ2n) is 11.3. The fourth-order valence-corrected chi connectivity index (χ4v) is 8.28. The number of hydrogen-bond donors (Lipinski definition) is 2. The fraction of sp³-hybridized carbons (Fsp3) is 0.375. The third-order valence-electron chi connectivity index (χ3n) is 8.93. The molecule has 6 rings (SSSR count). The van der Waals surface area contributed by atoms with Crippen LogP contribution in [0.5, 0.6) is 17.2 Å². The van der Waals surface area contributed by atoms with Gasteiger partial charge in [0.25, 0.3) is 0 Å². The minimum absolute atomic E-state index is 0.0408. The van der Waals surface area contributed by atoms with Crippen LogP contribution in [0.15, 0.2) is 65.6 Å². The van der Waals surface area contributed by atoms with Crippen molar-refractivity contribution in [1.29, 1.82) is 0 Å². The molecule has 4 aromatic rings. The summed E-state index contributed by atoms with van der Waals surface area (Å²) in [5.74, 6) is 1.49. The van der Waals surface area contributed by atoms with E-state index in [-0.39, 0.29) is 30.6 Å². The van der Waals surface area contributed by atoms with Crippen molar-refractivity contribution in [2.24, 2.45) is 0 Å². The van der Waals surface area contributed by atoms with Crippen LogP contribution in [-0.4, -0.2) is 75.3 Å². The van der Waals surface area contributed by atoms with Crippen LogP contribution in [0.1, 0.15) is 35.7 Å². The third kappa shape index (κ3) is 5.24. The number of ether oxygens (including phenoxy) is 3. The molecule has 43 heavy (non-hydrogen) atoms. The molecule has 1 saturated heterocycles. The molecule has 2 aliphatic rings. The summed E-state index contributed by atoms with van der Waals surface area (Å²) in [5.41, 5.74) is 3.52. The number of hydrogen-bond acceptors (Lipinski definition) is 7. The summed E-state index contributed by atoms with van der Waals surface area (Å²) in [7, 11) is 0.991. The summed E-state index contributed by atoms with van der Waals surface area (Å²) in [6.45, 7) is 1.59. The van der Waals surface area contributed by atoms with E-state index in [2.05, 4.69) is 9.88 Å². The van der Waals surface area contributed by atoms with Crippen LogP contribution >= 0.6 is 0 Å². The first-order valence-electron chi connectivity index (χ1n) is 14.2. The highest BCUT2D eigenvalue weighted by atomic mass is 32.2. The Bertz CT molecular complexity index is 1730. The Morgan fingerprint density at radius 1 is 0.953 bits per heavy atom. The van der Waals surface area contributed by atoms with Gasteiger partial charge in [-0.1, -0.05) is 6.07 Å². The number of aromatic nitrogens is 1. The molecular weight excluding hydrogens is 573 g/mol. The largest absolute Gasteiger partial charge is 0.497 e. The molecule has 0 saturated carbocycles. The number of aliphatic hydroxyl groups excluding tert-OH is 1. The van der Waals surface area contributed by atoms with E-state index in [1.807, 2.05) is 36.4 Å². The molecule has 228 valence electrons. The van der Waals surface area contributed by atoms with E-state index in [1.54, 1.807) is 21.3 Å². The van der Waals surface area contributed by atoms with Gasteiger partial charge in [0.05, 0.1) is 38.9 Å².